The fraction of sp³-hybridized carbons (Fsp3) is 0.0667. The van der Waals surface area contributed by atoms with E-state index in [-0.39, 0.29) is 5.82 Å². The van der Waals surface area contributed by atoms with Gasteiger partial charge in [-0.15, -0.1) is 11.8 Å². The van der Waals surface area contributed by atoms with Crippen LogP contribution in [0.15, 0.2) is 53.8 Å². The third-order valence-electron chi connectivity index (χ3n) is 2.98. The van der Waals surface area contributed by atoms with Gasteiger partial charge in [-0.25, -0.2) is 14.4 Å². The first-order chi connectivity index (χ1) is 9.74. The van der Waals surface area contributed by atoms with E-state index in [0.29, 0.717) is 11.4 Å². The highest BCUT2D eigenvalue weighted by atomic mass is 32.2. The summed E-state index contributed by atoms with van der Waals surface area (Å²) in [6.07, 6.45) is 1.54. The standard InChI is InChI=1S/C15H12FN3S/c16-11-5-6-13(17)10(7-11)8-20-15-12-3-1-2-4-14(12)18-9-19-15/h1-7,9H,8,17H2. The molecule has 0 radical (unpaired) electrons. The van der Waals surface area contributed by atoms with Crippen molar-refractivity contribution in [1.29, 1.82) is 0 Å². The van der Waals surface area contributed by atoms with Crippen LogP contribution in [0.5, 0.6) is 0 Å². The third kappa shape index (κ3) is 2.58. The molecule has 3 aromatic rings. The molecule has 0 amide bonds. The van der Waals surface area contributed by atoms with Crippen LogP contribution in [0.4, 0.5) is 10.1 Å². The Kier molecular flexibility index (Phi) is 3.52. The van der Waals surface area contributed by atoms with E-state index in [1.165, 1.54) is 23.9 Å². The molecule has 0 bridgehead atoms. The Morgan fingerprint density at radius 3 is 2.85 bits per heavy atom. The van der Waals surface area contributed by atoms with Crippen molar-refractivity contribution in [2.24, 2.45) is 0 Å². The maximum Gasteiger partial charge on any atom is 0.123 e. The summed E-state index contributed by atoms with van der Waals surface area (Å²) in [6.45, 7) is 0. The van der Waals surface area contributed by atoms with Crippen molar-refractivity contribution >= 4 is 28.4 Å². The topological polar surface area (TPSA) is 51.8 Å². The number of aromatic nitrogens is 2. The molecule has 0 atom stereocenters. The van der Waals surface area contributed by atoms with Crippen LogP contribution < -0.4 is 5.73 Å². The van der Waals surface area contributed by atoms with Crippen LogP contribution >= 0.6 is 11.8 Å². The molecule has 0 aliphatic carbocycles. The van der Waals surface area contributed by atoms with Gasteiger partial charge in [0, 0.05) is 16.8 Å². The Balaban J connectivity index is 1.89. The van der Waals surface area contributed by atoms with Crippen molar-refractivity contribution < 1.29 is 4.39 Å². The first-order valence-corrected chi connectivity index (χ1v) is 7.09. The molecule has 2 N–H and O–H groups in total. The molecule has 0 fully saturated rings. The molecule has 20 heavy (non-hydrogen) atoms. The van der Waals surface area contributed by atoms with Gasteiger partial charge in [0.1, 0.15) is 17.2 Å². The first kappa shape index (κ1) is 12.9. The summed E-state index contributed by atoms with van der Waals surface area (Å²) in [5.74, 6) is 0.298. The first-order valence-electron chi connectivity index (χ1n) is 6.10. The van der Waals surface area contributed by atoms with E-state index in [1.807, 2.05) is 24.3 Å². The quantitative estimate of drug-likeness (QED) is 0.453. The maximum atomic E-state index is 13.2. The Bertz CT molecular complexity index is 756. The summed E-state index contributed by atoms with van der Waals surface area (Å²) < 4.78 is 13.2. The minimum Gasteiger partial charge on any atom is -0.398 e. The van der Waals surface area contributed by atoms with Gasteiger partial charge in [0.2, 0.25) is 0 Å². The number of fused-ring (bicyclic) bond motifs is 1. The van der Waals surface area contributed by atoms with Crippen molar-refractivity contribution in [1.82, 2.24) is 9.97 Å². The fourth-order valence-electron chi connectivity index (χ4n) is 1.94. The number of nitrogens with two attached hydrogens (primary N) is 1. The van der Waals surface area contributed by atoms with E-state index in [0.717, 1.165) is 21.5 Å². The van der Waals surface area contributed by atoms with Crippen LogP contribution in [0.1, 0.15) is 5.56 Å². The summed E-state index contributed by atoms with van der Waals surface area (Å²) >= 11 is 1.53. The SMILES string of the molecule is Nc1ccc(F)cc1CSc1ncnc2ccccc12. The lowest BCUT2D eigenvalue weighted by molar-refractivity contribution is 0.627. The summed E-state index contributed by atoms with van der Waals surface area (Å²) in [6, 6.07) is 12.2. The van der Waals surface area contributed by atoms with Crippen molar-refractivity contribution in [2.45, 2.75) is 10.8 Å². The van der Waals surface area contributed by atoms with E-state index in [2.05, 4.69) is 9.97 Å². The number of hydrogen-bond acceptors (Lipinski definition) is 4. The number of para-hydroxylation sites is 1. The molecule has 0 aliphatic heterocycles. The molecule has 1 heterocycles. The van der Waals surface area contributed by atoms with E-state index in [9.17, 15) is 4.39 Å². The molecule has 1 aromatic heterocycles. The lowest BCUT2D eigenvalue weighted by atomic mass is 10.2. The van der Waals surface area contributed by atoms with Gasteiger partial charge in [-0.05, 0) is 29.8 Å². The van der Waals surface area contributed by atoms with Crippen molar-refractivity contribution in [3.8, 4) is 0 Å². The zero-order chi connectivity index (χ0) is 13.9. The van der Waals surface area contributed by atoms with Crippen LogP contribution in [0, 0.1) is 5.82 Å². The maximum absolute atomic E-state index is 13.2. The van der Waals surface area contributed by atoms with Crippen LogP contribution in [0.3, 0.4) is 0 Å². The predicted molar refractivity (Wildman–Crippen MR) is 79.9 cm³/mol. The Labute approximate surface area is 120 Å². The van der Waals surface area contributed by atoms with Gasteiger partial charge in [-0.3, -0.25) is 0 Å². The minimum atomic E-state index is -0.276. The van der Waals surface area contributed by atoms with Gasteiger partial charge < -0.3 is 5.73 Å². The smallest absolute Gasteiger partial charge is 0.123 e. The van der Waals surface area contributed by atoms with Crippen molar-refractivity contribution in [3.63, 3.8) is 0 Å². The largest absolute Gasteiger partial charge is 0.398 e. The lowest BCUT2D eigenvalue weighted by Gasteiger charge is -2.07. The third-order valence-corrected chi connectivity index (χ3v) is 4.03. The normalized spacial score (nSPS) is 10.8. The molecule has 2 aromatic carbocycles. The molecule has 5 heteroatoms. The van der Waals surface area contributed by atoms with E-state index in [4.69, 9.17) is 5.73 Å². The molecule has 0 spiro atoms. The van der Waals surface area contributed by atoms with E-state index in [1.54, 1.807) is 12.4 Å². The number of nitrogens with zero attached hydrogens (tertiary/aromatic N) is 2. The van der Waals surface area contributed by atoms with Gasteiger partial charge in [0.25, 0.3) is 0 Å². The molecule has 0 saturated heterocycles. The molecule has 0 saturated carbocycles. The zero-order valence-electron chi connectivity index (χ0n) is 10.6. The number of anilines is 1. The highest BCUT2D eigenvalue weighted by Crippen LogP contribution is 2.29. The average Bonchev–Trinajstić information content (AvgIpc) is 2.48. The van der Waals surface area contributed by atoms with Crippen LogP contribution in [0.2, 0.25) is 0 Å². The van der Waals surface area contributed by atoms with Crippen LogP contribution in [-0.4, -0.2) is 9.97 Å². The number of nitrogen functional groups attached to an aromatic ring is 1. The molecular weight excluding hydrogens is 273 g/mol. The number of halogens is 1. The second kappa shape index (κ2) is 5.46. The highest BCUT2D eigenvalue weighted by Gasteiger charge is 2.06. The predicted octanol–water partition coefficient (Wildman–Crippen LogP) is 3.64. The van der Waals surface area contributed by atoms with E-state index < -0.39 is 0 Å². The highest BCUT2D eigenvalue weighted by molar-refractivity contribution is 7.98. The number of hydrogen-bond donors (Lipinski definition) is 1. The molecule has 0 unspecified atom stereocenters. The Hall–Kier alpha value is -2.14. The second-order valence-electron chi connectivity index (χ2n) is 4.33. The Morgan fingerprint density at radius 2 is 1.95 bits per heavy atom. The van der Waals surface area contributed by atoms with Crippen molar-refractivity contribution in [3.05, 3.63) is 60.2 Å². The summed E-state index contributed by atoms with van der Waals surface area (Å²) in [5, 5.41) is 1.87. The number of thioether (sulfide) groups is 1. The summed E-state index contributed by atoms with van der Waals surface area (Å²) in [4.78, 5) is 8.51. The summed E-state index contributed by atoms with van der Waals surface area (Å²) in [5.41, 5.74) is 8.12. The number of rotatable bonds is 3. The van der Waals surface area contributed by atoms with Crippen LogP contribution in [-0.2, 0) is 5.75 Å². The van der Waals surface area contributed by atoms with Crippen LogP contribution in [0.25, 0.3) is 10.9 Å². The zero-order valence-corrected chi connectivity index (χ0v) is 11.4. The molecule has 100 valence electrons. The van der Waals surface area contributed by atoms with Gasteiger partial charge in [0.05, 0.1) is 5.52 Å². The van der Waals surface area contributed by atoms with Crippen molar-refractivity contribution in [2.75, 3.05) is 5.73 Å². The lowest BCUT2D eigenvalue weighted by Crippen LogP contribution is -1.94. The Morgan fingerprint density at radius 1 is 1.10 bits per heavy atom. The summed E-state index contributed by atoms with van der Waals surface area (Å²) in [7, 11) is 0. The molecule has 3 rings (SSSR count). The van der Waals surface area contributed by atoms with Gasteiger partial charge in [-0.2, -0.15) is 0 Å². The van der Waals surface area contributed by atoms with Gasteiger partial charge in [0.15, 0.2) is 0 Å². The minimum absolute atomic E-state index is 0.276. The average molecular weight is 285 g/mol. The fourth-order valence-corrected chi connectivity index (χ4v) is 2.93. The second-order valence-corrected chi connectivity index (χ2v) is 5.29. The number of benzene rings is 2. The van der Waals surface area contributed by atoms with Gasteiger partial charge >= 0.3 is 0 Å². The molecule has 0 aliphatic rings. The van der Waals surface area contributed by atoms with Gasteiger partial charge in [-0.1, -0.05) is 18.2 Å². The molecular formula is C15H12FN3S. The van der Waals surface area contributed by atoms with E-state index >= 15 is 0 Å². The molecule has 3 nitrogen and oxygen atoms in total. The monoisotopic (exact) mass is 285 g/mol.